The Labute approximate surface area is 70.0 Å². The van der Waals surface area contributed by atoms with Gasteiger partial charge in [-0.2, -0.15) is 0 Å². The van der Waals surface area contributed by atoms with Crippen LogP contribution in [0, 0.1) is 5.92 Å². The lowest BCUT2D eigenvalue weighted by atomic mass is 10.1. The summed E-state index contributed by atoms with van der Waals surface area (Å²) in [6, 6.07) is 0. The van der Waals surface area contributed by atoms with Gasteiger partial charge >= 0.3 is 0 Å². The first-order valence-electron chi connectivity index (χ1n) is 4.58. The number of hydrogen-bond acceptors (Lipinski definition) is 0. The minimum absolute atomic E-state index is 0.893. The quantitative estimate of drug-likeness (QED) is 0.538. The van der Waals surface area contributed by atoms with Crippen LogP contribution in [0.15, 0.2) is 23.3 Å². The van der Waals surface area contributed by atoms with Crippen molar-refractivity contribution in [2.24, 2.45) is 5.92 Å². The average molecular weight is 150 g/mol. The fourth-order valence-electron chi connectivity index (χ4n) is 1.30. The first-order chi connectivity index (χ1) is 5.24. The van der Waals surface area contributed by atoms with E-state index in [0.717, 1.165) is 5.92 Å². The van der Waals surface area contributed by atoms with E-state index in [2.05, 4.69) is 32.9 Å². The van der Waals surface area contributed by atoms with Crippen molar-refractivity contribution >= 4 is 0 Å². The summed E-state index contributed by atoms with van der Waals surface area (Å²) >= 11 is 0. The van der Waals surface area contributed by atoms with Crippen LogP contribution in [0.25, 0.3) is 0 Å². The largest absolute Gasteiger partial charge is 0.0856 e. The third kappa shape index (κ3) is 2.92. The average Bonchev–Trinajstić information content (AvgIpc) is 2.63. The van der Waals surface area contributed by atoms with E-state index in [1.807, 2.05) is 0 Å². The third-order valence-electron chi connectivity index (χ3n) is 2.25. The van der Waals surface area contributed by atoms with Crippen LogP contribution >= 0.6 is 0 Å². The molecule has 11 heavy (non-hydrogen) atoms. The van der Waals surface area contributed by atoms with Crippen molar-refractivity contribution in [3.05, 3.63) is 23.3 Å². The Hall–Kier alpha value is -0.520. The van der Waals surface area contributed by atoms with Gasteiger partial charge in [-0.25, -0.2) is 0 Å². The predicted molar refractivity (Wildman–Crippen MR) is 50.5 cm³/mol. The summed E-state index contributed by atoms with van der Waals surface area (Å²) in [4.78, 5) is 0. The van der Waals surface area contributed by atoms with Gasteiger partial charge in [-0.1, -0.05) is 37.1 Å². The second-order valence-electron chi connectivity index (χ2n) is 3.55. The van der Waals surface area contributed by atoms with Crippen LogP contribution in [0.1, 0.15) is 40.0 Å². The Bertz CT molecular complexity index is 184. The van der Waals surface area contributed by atoms with Gasteiger partial charge in [0.1, 0.15) is 0 Å². The normalized spacial score (nSPS) is 27.7. The third-order valence-corrected chi connectivity index (χ3v) is 2.25. The number of hydrogen-bond donors (Lipinski definition) is 0. The van der Waals surface area contributed by atoms with E-state index < -0.39 is 0 Å². The van der Waals surface area contributed by atoms with E-state index in [9.17, 15) is 0 Å². The van der Waals surface area contributed by atoms with Gasteiger partial charge in [-0.15, -0.1) is 0 Å². The van der Waals surface area contributed by atoms with Crippen LogP contribution in [0.2, 0.25) is 0 Å². The first-order valence-corrected chi connectivity index (χ1v) is 4.58. The Morgan fingerprint density at radius 2 is 2.27 bits per heavy atom. The first kappa shape index (κ1) is 8.58. The fraction of sp³-hybridized carbons (Fsp3) is 0.636. The molecule has 1 rings (SSSR count). The van der Waals surface area contributed by atoms with Crippen molar-refractivity contribution in [1.82, 2.24) is 0 Å². The van der Waals surface area contributed by atoms with Crippen LogP contribution in [-0.4, -0.2) is 0 Å². The van der Waals surface area contributed by atoms with Gasteiger partial charge in [0.2, 0.25) is 0 Å². The summed E-state index contributed by atoms with van der Waals surface area (Å²) in [6.45, 7) is 6.70. The van der Waals surface area contributed by atoms with Crippen LogP contribution in [0.3, 0.4) is 0 Å². The number of allylic oxidation sites excluding steroid dienone is 4. The smallest absolute Gasteiger partial charge is 0.0139 e. The fourth-order valence-corrected chi connectivity index (χ4v) is 1.30. The molecule has 0 aliphatic heterocycles. The lowest BCUT2D eigenvalue weighted by Crippen LogP contribution is -1.71. The van der Waals surface area contributed by atoms with Gasteiger partial charge in [0.25, 0.3) is 0 Å². The molecule has 62 valence electrons. The maximum absolute atomic E-state index is 2.40. The minimum Gasteiger partial charge on any atom is -0.0856 e. The summed E-state index contributed by atoms with van der Waals surface area (Å²) in [7, 11) is 0. The molecule has 0 aromatic rings. The molecule has 0 saturated heterocycles. The molecular formula is C11H18. The molecule has 0 aromatic heterocycles. The monoisotopic (exact) mass is 150 g/mol. The molecule has 1 aliphatic rings. The lowest BCUT2D eigenvalue weighted by Gasteiger charge is -1.92. The highest BCUT2D eigenvalue weighted by Crippen LogP contribution is 2.37. The molecule has 0 N–H and O–H groups in total. The lowest BCUT2D eigenvalue weighted by molar-refractivity contribution is 1.01. The van der Waals surface area contributed by atoms with Crippen molar-refractivity contribution in [3.63, 3.8) is 0 Å². The summed E-state index contributed by atoms with van der Waals surface area (Å²) in [6.07, 6.45) is 8.40. The molecule has 0 nitrogen and oxygen atoms in total. The van der Waals surface area contributed by atoms with Crippen LogP contribution in [0.5, 0.6) is 0 Å². The minimum atomic E-state index is 0.893. The van der Waals surface area contributed by atoms with E-state index in [1.54, 1.807) is 5.57 Å². The summed E-state index contributed by atoms with van der Waals surface area (Å²) < 4.78 is 0. The molecule has 1 unspecified atom stereocenters. The van der Waals surface area contributed by atoms with Gasteiger partial charge in [-0.05, 0) is 32.1 Å². The topological polar surface area (TPSA) is 0 Å². The van der Waals surface area contributed by atoms with E-state index in [0.29, 0.717) is 0 Å². The highest BCUT2D eigenvalue weighted by atomic mass is 14.3. The zero-order chi connectivity index (χ0) is 8.27. The SMILES string of the molecule is CCC=C(C)CC=C1CC1C. The van der Waals surface area contributed by atoms with Crippen molar-refractivity contribution in [1.29, 1.82) is 0 Å². The molecule has 0 amide bonds. The highest BCUT2D eigenvalue weighted by molar-refractivity contribution is 5.23. The van der Waals surface area contributed by atoms with Crippen molar-refractivity contribution in [3.8, 4) is 0 Å². The molecule has 0 radical (unpaired) electrons. The van der Waals surface area contributed by atoms with Crippen LogP contribution < -0.4 is 0 Å². The summed E-state index contributed by atoms with van der Waals surface area (Å²) in [5, 5.41) is 0. The van der Waals surface area contributed by atoms with Gasteiger partial charge in [0.15, 0.2) is 0 Å². The second-order valence-corrected chi connectivity index (χ2v) is 3.55. The summed E-state index contributed by atoms with van der Waals surface area (Å²) in [5.74, 6) is 0.893. The molecule has 0 spiro atoms. The highest BCUT2D eigenvalue weighted by Gasteiger charge is 2.22. The Morgan fingerprint density at radius 1 is 1.64 bits per heavy atom. The molecular weight excluding hydrogens is 132 g/mol. The van der Waals surface area contributed by atoms with Gasteiger partial charge in [-0.3, -0.25) is 0 Å². The molecule has 0 bridgehead atoms. The molecule has 1 saturated carbocycles. The van der Waals surface area contributed by atoms with E-state index >= 15 is 0 Å². The Kier molecular flexibility index (Phi) is 2.92. The van der Waals surface area contributed by atoms with Crippen molar-refractivity contribution in [2.45, 2.75) is 40.0 Å². The maximum Gasteiger partial charge on any atom is -0.0139 e. The Balaban J connectivity index is 2.27. The van der Waals surface area contributed by atoms with Gasteiger partial charge in [0.05, 0.1) is 0 Å². The predicted octanol–water partition coefficient (Wildman–Crippen LogP) is 3.70. The molecule has 0 heteroatoms. The van der Waals surface area contributed by atoms with E-state index in [-0.39, 0.29) is 0 Å². The van der Waals surface area contributed by atoms with E-state index in [1.165, 1.54) is 24.8 Å². The van der Waals surface area contributed by atoms with Crippen molar-refractivity contribution in [2.75, 3.05) is 0 Å². The molecule has 0 aromatic carbocycles. The Morgan fingerprint density at radius 3 is 2.73 bits per heavy atom. The number of rotatable bonds is 3. The van der Waals surface area contributed by atoms with Gasteiger partial charge in [0, 0.05) is 0 Å². The summed E-state index contributed by atoms with van der Waals surface area (Å²) in [5.41, 5.74) is 3.17. The standard InChI is InChI=1S/C11H18/c1-4-5-9(2)6-7-11-8-10(11)3/h5,7,10H,4,6,8H2,1-3H3. The molecule has 1 atom stereocenters. The molecule has 1 aliphatic carbocycles. The van der Waals surface area contributed by atoms with Gasteiger partial charge < -0.3 is 0 Å². The molecule has 0 heterocycles. The maximum atomic E-state index is 2.40. The van der Waals surface area contributed by atoms with E-state index in [4.69, 9.17) is 0 Å². The van der Waals surface area contributed by atoms with Crippen molar-refractivity contribution < 1.29 is 0 Å². The molecule has 1 fully saturated rings. The van der Waals surface area contributed by atoms with Crippen LogP contribution in [-0.2, 0) is 0 Å². The zero-order valence-electron chi connectivity index (χ0n) is 7.85. The second kappa shape index (κ2) is 3.75. The zero-order valence-corrected chi connectivity index (χ0v) is 7.85. The van der Waals surface area contributed by atoms with Crippen LogP contribution in [0.4, 0.5) is 0 Å².